The topological polar surface area (TPSA) is 72.2 Å². The highest BCUT2D eigenvalue weighted by Gasteiger charge is 2.22. The highest BCUT2D eigenvalue weighted by molar-refractivity contribution is 6.30. The smallest absolute Gasteiger partial charge is 0.269 e. The van der Waals surface area contributed by atoms with Crippen molar-refractivity contribution in [2.75, 3.05) is 6.54 Å². The first-order chi connectivity index (χ1) is 11.2. The quantitative estimate of drug-likeness (QED) is 0.649. The summed E-state index contributed by atoms with van der Waals surface area (Å²) in [5, 5.41) is 14.3. The molecule has 0 atom stereocenters. The van der Waals surface area contributed by atoms with Crippen molar-refractivity contribution in [3.63, 3.8) is 0 Å². The van der Waals surface area contributed by atoms with Crippen LogP contribution < -0.4 is 5.32 Å². The van der Waals surface area contributed by atoms with Crippen LogP contribution in [0, 0.1) is 17.0 Å². The number of carbonyl (C=O) groups is 1. The van der Waals surface area contributed by atoms with Gasteiger partial charge in [0, 0.05) is 34.7 Å². The Labute approximate surface area is 145 Å². The van der Waals surface area contributed by atoms with Crippen LogP contribution >= 0.6 is 11.6 Å². The van der Waals surface area contributed by atoms with E-state index in [4.69, 9.17) is 11.6 Å². The van der Waals surface area contributed by atoms with Crippen LogP contribution in [0.3, 0.4) is 0 Å². The highest BCUT2D eigenvalue weighted by Crippen LogP contribution is 2.25. The van der Waals surface area contributed by atoms with Crippen LogP contribution in [0.2, 0.25) is 5.02 Å². The Morgan fingerprint density at radius 2 is 1.96 bits per heavy atom. The fourth-order valence-corrected chi connectivity index (χ4v) is 2.61. The number of non-ortho nitro benzene ring substituents is 1. The predicted molar refractivity (Wildman–Crippen MR) is 94.6 cm³/mol. The minimum atomic E-state index is -0.475. The second-order valence-electron chi connectivity index (χ2n) is 6.33. The lowest BCUT2D eigenvalue weighted by molar-refractivity contribution is -0.384. The molecule has 2 aromatic rings. The number of halogens is 1. The van der Waals surface area contributed by atoms with Crippen molar-refractivity contribution in [3.05, 3.63) is 74.3 Å². The zero-order valence-corrected chi connectivity index (χ0v) is 14.6. The second kappa shape index (κ2) is 7.01. The molecule has 1 amide bonds. The molecule has 0 radical (unpaired) electrons. The van der Waals surface area contributed by atoms with E-state index in [9.17, 15) is 14.9 Å². The average Bonchev–Trinajstić information content (AvgIpc) is 2.52. The Bertz CT molecular complexity index is 788. The second-order valence-corrected chi connectivity index (χ2v) is 6.77. The fourth-order valence-electron chi connectivity index (χ4n) is 2.42. The minimum Gasteiger partial charge on any atom is -0.351 e. The summed E-state index contributed by atoms with van der Waals surface area (Å²) < 4.78 is 0. The molecule has 0 aromatic heterocycles. The molecular weight excluding hydrogens is 328 g/mol. The van der Waals surface area contributed by atoms with E-state index in [2.05, 4.69) is 5.32 Å². The third kappa shape index (κ3) is 4.11. The number of hydrogen-bond donors (Lipinski definition) is 1. The Kier molecular flexibility index (Phi) is 5.24. The average molecular weight is 347 g/mol. The summed E-state index contributed by atoms with van der Waals surface area (Å²) in [5.41, 5.74) is 1.71. The van der Waals surface area contributed by atoms with E-state index < -0.39 is 4.92 Å². The van der Waals surface area contributed by atoms with Crippen LogP contribution in [0.4, 0.5) is 5.69 Å². The number of nitro groups is 1. The number of rotatable bonds is 5. The molecule has 0 unspecified atom stereocenters. The van der Waals surface area contributed by atoms with Gasteiger partial charge in [-0.1, -0.05) is 37.6 Å². The zero-order valence-electron chi connectivity index (χ0n) is 13.8. The number of carbonyl (C=O) groups excluding carboxylic acids is 1. The van der Waals surface area contributed by atoms with Crippen LogP contribution in [0.1, 0.15) is 35.3 Å². The Morgan fingerprint density at radius 3 is 2.54 bits per heavy atom. The van der Waals surface area contributed by atoms with Gasteiger partial charge in [0.1, 0.15) is 0 Å². The normalized spacial score (nSPS) is 11.2. The Hall–Kier alpha value is -2.40. The van der Waals surface area contributed by atoms with E-state index in [1.54, 1.807) is 13.0 Å². The Morgan fingerprint density at radius 1 is 1.25 bits per heavy atom. The molecule has 5 nitrogen and oxygen atoms in total. The lowest BCUT2D eigenvalue weighted by atomic mass is 9.84. The van der Waals surface area contributed by atoms with E-state index >= 15 is 0 Å². The van der Waals surface area contributed by atoms with Gasteiger partial charge < -0.3 is 5.32 Å². The molecule has 0 aliphatic carbocycles. The third-order valence-electron chi connectivity index (χ3n) is 3.96. The SMILES string of the molecule is Cc1cc([N+](=O)[O-])ccc1C(=O)NCC(C)(C)c1cccc(Cl)c1. The van der Waals surface area contributed by atoms with Gasteiger partial charge in [-0.15, -0.1) is 0 Å². The molecule has 2 aromatic carbocycles. The van der Waals surface area contributed by atoms with Crippen LogP contribution in [0.15, 0.2) is 42.5 Å². The molecule has 126 valence electrons. The van der Waals surface area contributed by atoms with Gasteiger partial charge >= 0.3 is 0 Å². The van der Waals surface area contributed by atoms with Crippen molar-refractivity contribution < 1.29 is 9.72 Å². The van der Waals surface area contributed by atoms with E-state index in [1.165, 1.54) is 18.2 Å². The zero-order chi connectivity index (χ0) is 17.9. The van der Waals surface area contributed by atoms with E-state index in [0.29, 0.717) is 22.7 Å². The standard InChI is InChI=1S/C18H19ClN2O3/c1-12-9-15(21(23)24)7-8-16(12)17(22)20-11-18(2,3)13-5-4-6-14(19)10-13/h4-10H,11H2,1-3H3,(H,20,22). The van der Waals surface area contributed by atoms with Crippen LogP contribution in [-0.4, -0.2) is 17.4 Å². The summed E-state index contributed by atoms with van der Waals surface area (Å²) in [4.78, 5) is 22.7. The molecule has 0 aliphatic heterocycles. The summed E-state index contributed by atoms with van der Waals surface area (Å²) in [6, 6.07) is 11.7. The summed E-state index contributed by atoms with van der Waals surface area (Å²) in [6.07, 6.45) is 0. The summed E-state index contributed by atoms with van der Waals surface area (Å²) >= 11 is 6.03. The molecule has 2 rings (SSSR count). The van der Waals surface area contributed by atoms with Gasteiger partial charge in [-0.3, -0.25) is 14.9 Å². The molecule has 0 aliphatic rings. The maximum atomic E-state index is 12.4. The van der Waals surface area contributed by atoms with Gasteiger partial charge in [-0.2, -0.15) is 0 Å². The first kappa shape index (κ1) is 17.9. The first-order valence-corrected chi connectivity index (χ1v) is 7.88. The predicted octanol–water partition coefficient (Wildman–Crippen LogP) is 4.26. The van der Waals surface area contributed by atoms with E-state index in [-0.39, 0.29) is 17.0 Å². The molecule has 0 fully saturated rings. The number of nitrogens with zero attached hydrogens (tertiary/aromatic N) is 1. The number of amides is 1. The molecule has 1 N–H and O–H groups in total. The number of benzene rings is 2. The maximum Gasteiger partial charge on any atom is 0.269 e. The molecule has 6 heteroatoms. The lowest BCUT2D eigenvalue weighted by Gasteiger charge is -2.26. The van der Waals surface area contributed by atoms with Gasteiger partial charge in [-0.25, -0.2) is 0 Å². The van der Waals surface area contributed by atoms with Crippen molar-refractivity contribution in [2.45, 2.75) is 26.2 Å². The first-order valence-electron chi connectivity index (χ1n) is 7.50. The van der Waals surface area contributed by atoms with E-state index in [0.717, 1.165) is 5.56 Å². The minimum absolute atomic E-state index is 0.0247. The van der Waals surface area contributed by atoms with Crippen LogP contribution in [0.25, 0.3) is 0 Å². The maximum absolute atomic E-state index is 12.4. The monoisotopic (exact) mass is 346 g/mol. The number of nitrogens with one attached hydrogen (secondary N) is 1. The highest BCUT2D eigenvalue weighted by atomic mass is 35.5. The van der Waals surface area contributed by atoms with Crippen molar-refractivity contribution >= 4 is 23.2 Å². The van der Waals surface area contributed by atoms with Gasteiger partial charge in [-0.05, 0) is 36.2 Å². The molecule has 0 spiro atoms. The number of nitro benzene ring substituents is 1. The van der Waals surface area contributed by atoms with E-state index in [1.807, 2.05) is 32.0 Å². The molecule has 0 saturated carbocycles. The number of hydrogen-bond acceptors (Lipinski definition) is 3. The van der Waals surface area contributed by atoms with Gasteiger partial charge in [0.15, 0.2) is 0 Å². The largest absolute Gasteiger partial charge is 0.351 e. The Balaban J connectivity index is 2.11. The van der Waals surface area contributed by atoms with Crippen molar-refractivity contribution in [3.8, 4) is 0 Å². The molecular formula is C18H19ClN2O3. The van der Waals surface area contributed by atoms with Crippen LogP contribution in [-0.2, 0) is 5.41 Å². The summed E-state index contributed by atoms with van der Waals surface area (Å²) in [5.74, 6) is -0.252. The van der Waals surface area contributed by atoms with Gasteiger partial charge in [0.2, 0.25) is 0 Å². The van der Waals surface area contributed by atoms with Crippen molar-refractivity contribution in [1.29, 1.82) is 0 Å². The van der Waals surface area contributed by atoms with Crippen LogP contribution in [0.5, 0.6) is 0 Å². The van der Waals surface area contributed by atoms with Crippen molar-refractivity contribution in [2.24, 2.45) is 0 Å². The number of aryl methyl sites for hydroxylation is 1. The van der Waals surface area contributed by atoms with Gasteiger partial charge in [0.05, 0.1) is 4.92 Å². The molecule has 24 heavy (non-hydrogen) atoms. The fraction of sp³-hybridized carbons (Fsp3) is 0.278. The summed E-state index contributed by atoms with van der Waals surface area (Å²) in [6.45, 7) is 6.13. The van der Waals surface area contributed by atoms with Gasteiger partial charge in [0.25, 0.3) is 11.6 Å². The third-order valence-corrected chi connectivity index (χ3v) is 4.20. The molecule has 0 bridgehead atoms. The van der Waals surface area contributed by atoms with Crippen molar-refractivity contribution in [1.82, 2.24) is 5.32 Å². The molecule has 0 saturated heterocycles. The lowest BCUT2D eigenvalue weighted by Crippen LogP contribution is -2.37. The molecule has 0 heterocycles. The summed E-state index contributed by atoms with van der Waals surface area (Å²) in [7, 11) is 0.